The summed E-state index contributed by atoms with van der Waals surface area (Å²) >= 11 is 12.8. The van der Waals surface area contributed by atoms with Crippen molar-refractivity contribution in [2.24, 2.45) is 0 Å². The number of aromatic nitrogens is 1. The molecule has 0 aliphatic rings. The molecule has 0 aliphatic carbocycles. The number of nitrogens with one attached hydrogen (secondary N) is 1. The van der Waals surface area contributed by atoms with Crippen molar-refractivity contribution in [1.82, 2.24) is 4.98 Å². The number of rotatable bonds is 3. The molecule has 18 heavy (non-hydrogen) atoms. The fourth-order valence-electron chi connectivity index (χ4n) is 1.58. The zero-order valence-electron chi connectivity index (χ0n) is 9.11. The van der Waals surface area contributed by atoms with Crippen molar-refractivity contribution in [2.75, 3.05) is 5.32 Å². The third-order valence-electron chi connectivity index (χ3n) is 2.44. The highest BCUT2D eigenvalue weighted by Gasteiger charge is 2.06. The SMILES string of the molecule is Clc1ccc2sc(NCc3sccc3Br)nc2c1. The molecule has 2 aromatic heterocycles. The maximum absolute atomic E-state index is 5.95. The molecule has 0 amide bonds. The predicted molar refractivity (Wildman–Crippen MR) is 84.0 cm³/mol. The van der Waals surface area contributed by atoms with Gasteiger partial charge in [0.25, 0.3) is 0 Å². The van der Waals surface area contributed by atoms with E-state index in [-0.39, 0.29) is 0 Å². The largest absolute Gasteiger partial charge is 0.357 e. The van der Waals surface area contributed by atoms with E-state index in [2.05, 4.69) is 37.7 Å². The average Bonchev–Trinajstić information content (AvgIpc) is 2.92. The summed E-state index contributed by atoms with van der Waals surface area (Å²) in [5.41, 5.74) is 0.945. The number of nitrogens with zero attached hydrogens (tertiary/aromatic N) is 1. The molecule has 1 N–H and O–H groups in total. The molecule has 0 unspecified atom stereocenters. The molecular weight excluding hydrogens is 352 g/mol. The minimum atomic E-state index is 0.723. The van der Waals surface area contributed by atoms with E-state index in [1.54, 1.807) is 22.7 Å². The molecule has 0 atom stereocenters. The van der Waals surface area contributed by atoms with E-state index in [4.69, 9.17) is 11.6 Å². The molecule has 1 aromatic carbocycles. The first kappa shape index (κ1) is 12.4. The number of fused-ring (bicyclic) bond motifs is 1. The highest BCUT2D eigenvalue weighted by atomic mass is 79.9. The molecule has 0 saturated carbocycles. The van der Waals surface area contributed by atoms with E-state index in [0.29, 0.717) is 0 Å². The Labute approximate surface area is 126 Å². The van der Waals surface area contributed by atoms with Gasteiger partial charge in [0.2, 0.25) is 0 Å². The van der Waals surface area contributed by atoms with Gasteiger partial charge in [-0.3, -0.25) is 0 Å². The van der Waals surface area contributed by atoms with E-state index in [1.165, 1.54) is 4.88 Å². The van der Waals surface area contributed by atoms with Crippen LogP contribution in [-0.4, -0.2) is 4.98 Å². The van der Waals surface area contributed by atoms with E-state index >= 15 is 0 Å². The van der Waals surface area contributed by atoms with Gasteiger partial charge in [-0.1, -0.05) is 22.9 Å². The molecule has 2 nitrogen and oxygen atoms in total. The van der Waals surface area contributed by atoms with E-state index < -0.39 is 0 Å². The lowest BCUT2D eigenvalue weighted by molar-refractivity contribution is 1.17. The Balaban J connectivity index is 1.81. The second kappa shape index (κ2) is 5.17. The van der Waals surface area contributed by atoms with Crippen LogP contribution in [0.2, 0.25) is 5.02 Å². The highest BCUT2D eigenvalue weighted by Crippen LogP contribution is 2.29. The summed E-state index contributed by atoms with van der Waals surface area (Å²) in [6.45, 7) is 0.784. The Hall–Kier alpha value is -0.620. The Kier molecular flexibility index (Phi) is 3.56. The van der Waals surface area contributed by atoms with Crippen LogP contribution in [0.4, 0.5) is 5.13 Å². The minimum absolute atomic E-state index is 0.723. The first-order chi connectivity index (χ1) is 8.72. The van der Waals surface area contributed by atoms with Crippen molar-refractivity contribution in [3.05, 3.63) is 44.0 Å². The van der Waals surface area contributed by atoms with Crippen molar-refractivity contribution in [2.45, 2.75) is 6.54 Å². The topological polar surface area (TPSA) is 24.9 Å². The molecule has 92 valence electrons. The molecule has 0 aliphatic heterocycles. The number of thiophene rings is 1. The van der Waals surface area contributed by atoms with Gasteiger partial charge in [-0.2, -0.15) is 0 Å². The monoisotopic (exact) mass is 358 g/mol. The summed E-state index contributed by atoms with van der Waals surface area (Å²) in [4.78, 5) is 5.79. The van der Waals surface area contributed by atoms with Crippen LogP contribution in [0, 0.1) is 0 Å². The van der Waals surface area contributed by atoms with E-state index in [0.717, 1.165) is 31.4 Å². The lowest BCUT2D eigenvalue weighted by atomic mass is 10.3. The molecule has 3 rings (SSSR count). The maximum Gasteiger partial charge on any atom is 0.184 e. The zero-order chi connectivity index (χ0) is 12.5. The van der Waals surface area contributed by atoms with Crippen molar-refractivity contribution < 1.29 is 0 Å². The highest BCUT2D eigenvalue weighted by molar-refractivity contribution is 9.10. The molecule has 0 bridgehead atoms. The Morgan fingerprint density at radius 2 is 2.22 bits per heavy atom. The van der Waals surface area contributed by atoms with Gasteiger partial charge in [-0.25, -0.2) is 4.98 Å². The van der Waals surface area contributed by atoms with Gasteiger partial charge in [0.05, 0.1) is 16.8 Å². The van der Waals surface area contributed by atoms with Crippen LogP contribution in [-0.2, 0) is 6.54 Å². The van der Waals surface area contributed by atoms with Gasteiger partial charge in [0.1, 0.15) is 0 Å². The number of hydrogen-bond donors (Lipinski definition) is 1. The van der Waals surface area contributed by atoms with Gasteiger partial charge in [-0.05, 0) is 45.6 Å². The summed E-state index contributed by atoms with van der Waals surface area (Å²) in [6.07, 6.45) is 0. The predicted octanol–water partition coefficient (Wildman–Crippen LogP) is 5.39. The fraction of sp³-hybridized carbons (Fsp3) is 0.0833. The van der Waals surface area contributed by atoms with Crippen molar-refractivity contribution >= 4 is 65.6 Å². The maximum atomic E-state index is 5.95. The van der Waals surface area contributed by atoms with Crippen LogP contribution in [0.3, 0.4) is 0 Å². The summed E-state index contributed by atoms with van der Waals surface area (Å²) < 4.78 is 2.29. The van der Waals surface area contributed by atoms with Crippen LogP contribution < -0.4 is 5.32 Å². The second-order valence-electron chi connectivity index (χ2n) is 3.68. The van der Waals surface area contributed by atoms with Gasteiger partial charge >= 0.3 is 0 Å². The normalized spacial score (nSPS) is 11.0. The van der Waals surface area contributed by atoms with Crippen LogP contribution in [0.25, 0.3) is 10.2 Å². The third kappa shape index (κ3) is 2.54. The van der Waals surface area contributed by atoms with Crippen LogP contribution in [0.15, 0.2) is 34.1 Å². The molecule has 6 heteroatoms. The molecular formula is C12H8BrClN2S2. The molecule has 0 saturated heterocycles. The second-order valence-corrected chi connectivity index (χ2v) is 7.00. The lowest BCUT2D eigenvalue weighted by Crippen LogP contribution is -1.96. The summed E-state index contributed by atoms with van der Waals surface area (Å²) in [5, 5.41) is 7.06. The molecule has 3 aromatic rings. The molecule has 0 radical (unpaired) electrons. The first-order valence-corrected chi connectivity index (χ1v) is 8.11. The van der Waals surface area contributed by atoms with E-state index in [9.17, 15) is 0 Å². The quantitative estimate of drug-likeness (QED) is 0.678. The zero-order valence-corrected chi connectivity index (χ0v) is 13.1. The van der Waals surface area contributed by atoms with Gasteiger partial charge in [-0.15, -0.1) is 11.3 Å². The number of benzene rings is 1. The summed E-state index contributed by atoms with van der Waals surface area (Å²) in [5.74, 6) is 0. The number of anilines is 1. The Morgan fingerprint density at radius 3 is 3.00 bits per heavy atom. The van der Waals surface area contributed by atoms with Gasteiger partial charge < -0.3 is 5.32 Å². The fourth-order valence-corrected chi connectivity index (χ4v) is 4.02. The van der Waals surface area contributed by atoms with Crippen LogP contribution >= 0.6 is 50.2 Å². The first-order valence-electron chi connectivity index (χ1n) is 5.24. The smallest absolute Gasteiger partial charge is 0.184 e. The van der Waals surface area contributed by atoms with Crippen LogP contribution in [0.1, 0.15) is 4.88 Å². The summed E-state index contributed by atoms with van der Waals surface area (Å²) in [6, 6.07) is 7.84. The molecule has 2 heterocycles. The van der Waals surface area contributed by atoms with E-state index in [1.807, 2.05) is 18.2 Å². The molecule has 0 spiro atoms. The Morgan fingerprint density at radius 1 is 1.33 bits per heavy atom. The van der Waals surface area contributed by atoms with Crippen molar-refractivity contribution in [1.29, 1.82) is 0 Å². The van der Waals surface area contributed by atoms with Gasteiger partial charge in [0.15, 0.2) is 5.13 Å². The summed E-state index contributed by atoms with van der Waals surface area (Å²) in [7, 11) is 0. The third-order valence-corrected chi connectivity index (χ3v) is 5.60. The molecule has 0 fully saturated rings. The minimum Gasteiger partial charge on any atom is -0.357 e. The number of thiazole rings is 1. The van der Waals surface area contributed by atoms with Crippen molar-refractivity contribution in [3.63, 3.8) is 0 Å². The number of halogens is 2. The van der Waals surface area contributed by atoms with Crippen LogP contribution in [0.5, 0.6) is 0 Å². The Bertz CT molecular complexity index is 692. The average molecular weight is 360 g/mol. The van der Waals surface area contributed by atoms with Gasteiger partial charge in [0, 0.05) is 14.4 Å². The van der Waals surface area contributed by atoms with Crippen molar-refractivity contribution in [3.8, 4) is 0 Å². The number of hydrogen-bond acceptors (Lipinski definition) is 4. The standard InChI is InChI=1S/C12H8BrClN2S2/c13-8-3-4-17-11(8)6-15-12-16-9-5-7(14)1-2-10(9)18-12/h1-5H,6H2,(H,15,16). The lowest BCUT2D eigenvalue weighted by Gasteiger charge is -1.99.